The van der Waals surface area contributed by atoms with Crippen LogP contribution in [0.3, 0.4) is 0 Å². The van der Waals surface area contributed by atoms with E-state index in [-0.39, 0.29) is 0 Å². The third-order valence-electron chi connectivity index (χ3n) is 2.95. The molecule has 3 rings (SSSR count). The van der Waals surface area contributed by atoms with Crippen molar-refractivity contribution in [1.29, 1.82) is 0 Å². The van der Waals surface area contributed by atoms with Crippen LogP contribution in [0, 0.1) is 6.92 Å². The minimum absolute atomic E-state index is 0.590. The number of hydrogen-bond acceptors (Lipinski definition) is 4. The summed E-state index contributed by atoms with van der Waals surface area (Å²) in [5.41, 5.74) is 2.13. The van der Waals surface area contributed by atoms with Crippen molar-refractivity contribution in [2.75, 3.05) is 0 Å². The van der Waals surface area contributed by atoms with Crippen molar-refractivity contribution in [3.8, 4) is 11.5 Å². The van der Waals surface area contributed by atoms with Gasteiger partial charge in [-0.05, 0) is 30.7 Å². The second kappa shape index (κ2) is 5.92. The predicted octanol–water partition coefficient (Wildman–Crippen LogP) is 4.34. The van der Waals surface area contributed by atoms with Gasteiger partial charge < -0.3 is 4.42 Å². The SMILES string of the molecule is Cc1ccccc1-c1nnc(CSc2ccccc2)o1. The molecule has 1 aromatic heterocycles. The lowest BCUT2D eigenvalue weighted by atomic mass is 10.1. The summed E-state index contributed by atoms with van der Waals surface area (Å²) in [6.07, 6.45) is 0. The molecule has 4 heteroatoms. The minimum Gasteiger partial charge on any atom is -0.420 e. The molecule has 3 nitrogen and oxygen atoms in total. The van der Waals surface area contributed by atoms with Crippen LogP contribution in [0.1, 0.15) is 11.5 Å². The second-order valence-electron chi connectivity index (χ2n) is 4.42. The van der Waals surface area contributed by atoms with Gasteiger partial charge >= 0.3 is 0 Å². The van der Waals surface area contributed by atoms with Gasteiger partial charge in [0.15, 0.2) is 0 Å². The highest BCUT2D eigenvalue weighted by atomic mass is 32.2. The largest absolute Gasteiger partial charge is 0.420 e. The Morgan fingerprint density at radius 1 is 0.950 bits per heavy atom. The number of aryl methyl sites for hydroxylation is 1. The topological polar surface area (TPSA) is 38.9 Å². The van der Waals surface area contributed by atoms with Gasteiger partial charge in [-0.15, -0.1) is 22.0 Å². The molecule has 0 aliphatic heterocycles. The molecule has 0 bridgehead atoms. The summed E-state index contributed by atoms with van der Waals surface area (Å²) in [4.78, 5) is 1.20. The van der Waals surface area contributed by atoms with E-state index in [1.807, 2.05) is 49.4 Å². The van der Waals surface area contributed by atoms with Crippen molar-refractivity contribution in [3.63, 3.8) is 0 Å². The lowest BCUT2D eigenvalue weighted by Crippen LogP contribution is -1.81. The van der Waals surface area contributed by atoms with Crippen molar-refractivity contribution in [2.24, 2.45) is 0 Å². The van der Waals surface area contributed by atoms with Gasteiger partial charge in [-0.2, -0.15) is 0 Å². The summed E-state index contributed by atoms with van der Waals surface area (Å²) < 4.78 is 5.73. The van der Waals surface area contributed by atoms with Gasteiger partial charge in [0, 0.05) is 10.5 Å². The standard InChI is InChI=1S/C16H14N2OS/c1-12-7-5-6-10-14(12)16-18-17-15(19-16)11-20-13-8-3-2-4-9-13/h2-10H,11H2,1H3. The normalized spacial score (nSPS) is 10.7. The van der Waals surface area contributed by atoms with E-state index >= 15 is 0 Å². The summed E-state index contributed by atoms with van der Waals surface area (Å²) in [5, 5.41) is 8.24. The van der Waals surface area contributed by atoms with Crippen LogP contribution in [-0.2, 0) is 5.75 Å². The number of rotatable bonds is 4. The molecule has 0 amide bonds. The Bertz CT molecular complexity index is 694. The highest BCUT2D eigenvalue weighted by Gasteiger charge is 2.10. The molecule has 0 saturated carbocycles. The van der Waals surface area contributed by atoms with Gasteiger partial charge in [0.2, 0.25) is 11.8 Å². The third kappa shape index (κ3) is 2.91. The molecule has 0 saturated heterocycles. The molecule has 0 aliphatic rings. The fourth-order valence-electron chi connectivity index (χ4n) is 1.90. The summed E-state index contributed by atoms with van der Waals surface area (Å²) in [6.45, 7) is 2.04. The molecular formula is C16H14N2OS. The van der Waals surface area contributed by atoms with E-state index in [0.717, 1.165) is 11.1 Å². The average molecular weight is 282 g/mol. The molecule has 0 aliphatic carbocycles. The summed E-state index contributed by atoms with van der Waals surface area (Å²) in [6, 6.07) is 18.2. The summed E-state index contributed by atoms with van der Waals surface area (Å²) >= 11 is 1.69. The number of benzene rings is 2. The highest BCUT2D eigenvalue weighted by Crippen LogP contribution is 2.25. The zero-order valence-electron chi connectivity index (χ0n) is 11.1. The Balaban J connectivity index is 1.73. The van der Waals surface area contributed by atoms with Crippen LogP contribution < -0.4 is 0 Å². The minimum atomic E-state index is 0.590. The van der Waals surface area contributed by atoms with E-state index < -0.39 is 0 Å². The number of hydrogen-bond donors (Lipinski definition) is 0. The average Bonchev–Trinajstić information content (AvgIpc) is 2.95. The zero-order chi connectivity index (χ0) is 13.8. The summed E-state index contributed by atoms with van der Waals surface area (Å²) in [5.74, 6) is 1.92. The van der Waals surface area contributed by atoms with Crippen LogP contribution in [0.5, 0.6) is 0 Å². The molecule has 0 atom stereocenters. The van der Waals surface area contributed by atoms with E-state index in [2.05, 4.69) is 22.3 Å². The molecule has 0 unspecified atom stereocenters. The van der Waals surface area contributed by atoms with Gasteiger partial charge in [0.05, 0.1) is 5.75 Å². The van der Waals surface area contributed by atoms with E-state index in [4.69, 9.17) is 4.42 Å². The first-order valence-corrected chi connectivity index (χ1v) is 7.38. The zero-order valence-corrected chi connectivity index (χ0v) is 11.9. The molecule has 3 aromatic rings. The van der Waals surface area contributed by atoms with Gasteiger partial charge in [-0.3, -0.25) is 0 Å². The Labute approximate surface area is 122 Å². The first kappa shape index (κ1) is 12.9. The Kier molecular flexibility index (Phi) is 3.83. The first-order valence-electron chi connectivity index (χ1n) is 6.39. The molecule has 0 radical (unpaired) electrons. The van der Waals surface area contributed by atoms with Gasteiger partial charge in [0.1, 0.15) is 0 Å². The fraction of sp³-hybridized carbons (Fsp3) is 0.125. The molecule has 1 heterocycles. The lowest BCUT2D eigenvalue weighted by Gasteiger charge is -1.99. The fourth-order valence-corrected chi connectivity index (χ4v) is 2.65. The second-order valence-corrected chi connectivity index (χ2v) is 5.47. The molecule has 100 valence electrons. The van der Waals surface area contributed by atoms with Crippen molar-refractivity contribution >= 4 is 11.8 Å². The van der Waals surface area contributed by atoms with Gasteiger partial charge in [-0.1, -0.05) is 36.4 Å². The third-order valence-corrected chi connectivity index (χ3v) is 3.94. The monoisotopic (exact) mass is 282 g/mol. The van der Waals surface area contributed by atoms with Crippen LogP contribution in [-0.4, -0.2) is 10.2 Å². The van der Waals surface area contributed by atoms with Crippen LogP contribution in [0.4, 0.5) is 0 Å². The van der Waals surface area contributed by atoms with Gasteiger partial charge in [-0.25, -0.2) is 0 Å². The van der Waals surface area contributed by atoms with Crippen molar-refractivity contribution in [2.45, 2.75) is 17.6 Å². The molecular weight excluding hydrogens is 268 g/mol. The summed E-state index contributed by atoms with van der Waals surface area (Å²) in [7, 11) is 0. The van der Waals surface area contributed by atoms with Crippen LogP contribution in [0.25, 0.3) is 11.5 Å². The molecule has 2 aromatic carbocycles. The van der Waals surface area contributed by atoms with Crippen molar-refractivity contribution < 1.29 is 4.42 Å². The van der Waals surface area contributed by atoms with Gasteiger partial charge in [0.25, 0.3) is 0 Å². The Morgan fingerprint density at radius 3 is 2.50 bits per heavy atom. The molecule has 0 spiro atoms. The Morgan fingerprint density at radius 2 is 1.70 bits per heavy atom. The smallest absolute Gasteiger partial charge is 0.248 e. The molecule has 20 heavy (non-hydrogen) atoms. The maximum absolute atomic E-state index is 5.73. The number of nitrogens with zero attached hydrogens (tertiary/aromatic N) is 2. The van der Waals surface area contributed by atoms with Crippen LogP contribution in [0.2, 0.25) is 0 Å². The molecule has 0 N–H and O–H groups in total. The highest BCUT2D eigenvalue weighted by molar-refractivity contribution is 7.98. The van der Waals surface area contributed by atoms with Crippen LogP contribution in [0.15, 0.2) is 63.9 Å². The molecule has 0 fully saturated rings. The predicted molar refractivity (Wildman–Crippen MR) is 80.5 cm³/mol. The maximum Gasteiger partial charge on any atom is 0.248 e. The van der Waals surface area contributed by atoms with E-state index in [1.165, 1.54) is 4.90 Å². The maximum atomic E-state index is 5.73. The van der Waals surface area contributed by atoms with Crippen molar-refractivity contribution in [1.82, 2.24) is 10.2 Å². The quantitative estimate of drug-likeness (QED) is 0.667. The lowest BCUT2D eigenvalue weighted by molar-refractivity contribution is 0.528. The number of thioether (sulfide) groups is 1. The first-order chi connectivity index (χ1) is 9.83. The van der Waals surface area contributed by atoms with E-state index in [1.54, 1.807) is 11.8 Å². The van der Waals surface area contributed by atoms with Crippen LogP contribution >= 0.6 is 11.8 Å². The van der Waals surface area contributed by atoms with Crippen molar-refractivity contribution in [3.05, 3.63) is 66.1 Å². The van der Waals surface area contributed by atoms with E-state index in [0.29, 0.717) is 17.5 Å². The number of aromatic nitrogens is 2. The Hall–Kier alpha value is -2.07. The van der Waals surface area contributed by atoms with E-state index in [9.17, 15) is 0 Å².